The Labute approximate surface area is 436 Å². The molecule has 6 nitrogen and oxygen atoms in total. The number of carbonyl (C=O) groups is 2. The molecule has 3 N–H and O–H groups in total. The van der Waals surface area contributed by atoms with Crippen LogP contribution in [0.3, 0.4) is 0 Å². The van der Waals surface area contributed by atoms with E-state index in [2.05, 4.69) is 43.5 Å². The molecule has 0 heterocycles. The van der Waals surface area contributed by atoms with E-state index in [1.165, 1.54) is 263 Å². The van der Waals surface area contributed by atoms with Crippen molar-refractivity contribution in [2.24, 2.45) is 0 Å². The molecule has 0 aliphatic rings. The van der Waals surface area contributed by atoms with Crippen LogP contribution in [0.15, 0.2) is 36.5 Å². The molecule has 0 fully saturated rings. The number of allylic oxidation sites excluding steroid dienone is 5. The molecule has 0 rings (SSSR count). The first-order valence-electron chi connectivity index (χ1n) is 31.3. The van der Waals surface area contributed by atoms with Gasteiger partial charge in [0.25, 0.3) is 0 Å². The first kappa shape index (κ1) is 68.1. The Balaban J connectivity index is 3.39. The van der Waals surface area contributed by atoms with E-state index in [1.807, 2.05) is 6.08 Å². The van der Waals surface area contributed by atoms with Crippen molar-refractivity contribution in [3.63, 3.8) is 0 Å². The van der Waals surface area contributed by atoms with Crippen LogP contribution < -0.4 is 5.32 Å². The van der Waals surface area contributed by atoms with Crippen molar-refractivity contribution in [2.45, 2.75) is 347 Å². The van der Waals surface area contributed by atoms with Gasteiger partial charge in [-0.2, -0.15) is 0 Å². The summed E-state index contributed by atoms with van der Waals surface area (Å²) in [6.07, 6.45) is 74.9. The van der Waals surface area contributed by atoms with Crippen LogP contribution in [0.1, 0.15) is 335 Å². The van der Waals surface area contributed by atoms with E-state index >= 15 is 0 Å². The zero-order chi connectivity index (χ0) is 50.7. The minimum atomic E-state index is -0.842. The van der Waals surface area contributed by atoms with Crippen LogP contribution in [0.2, 0.25) is 0 Å². The third-order valence-electron chi connectivity index (χ3n) is 14.4. The largest absolute Gasteiger partial charge is 0.466 e. The summed E-state index contributed by atoms with van der Waals surface area (Å²) < 4.78 is 5.46. The molecule has 1 amide bonds. The predicted molar refractivity (Wildman–Crippen MR) is 306 cm³/mol. The first-order valence-corrected chi connectivity index (χ1v) is 31.3. The third kappa shape index (κ3) is 55.4. The molecule has 0 aromatic carbocycles. The molecule has 0 aliphatic carbocycles. The Kier molecular flexibility index (Phi) is 58.0. The average molecular weight is 985 g/mol. The van der Waals surface area contributed by atoms with E-state index in [4.69, 9.17) is 4.74 Å². The Hall–Kier alpha value is -1.92. The lowest BCUT2D eigenvalue weighted by molar-refractivity contribution is -0.143. The van der Waals surface area contributed by atoms with Crippen molar-refractivity contribution < 1.29 is 24.5 Å². The zero-order valence-corrected chi connectivity index (χ0v) is 47.0. The van der Waals surface area contributed by atoms with Crippen LogP contribution in [-0.2, 0) is 14.3 Å². The number of aliphatic hydroxyl groups excluding tert-OH is 2. The fourth-order valence-electron chi connectivity index (χ4n) is 9.61. The quantitative estimate of drug-likeness (QED) is 0.0321. The Bertz CT molecular complexity index is 1130. The van der Waals surface area contributed by atoms with E-state index < -0.39 is 12.1 Å². The van der Waals surface area contributed by atoms with Crippen LogP contribution in [0, 0.1) is 0 Å². The topological polar surface area (TPSA) is 95.9 Å². The number of amides is 1. The van der Waals surface area contributed by atoms with Gasteiger partial charge in [0.1, 0.15) is 0 Å². The van der Waals surface area contributed by atoms with Gasteiger partial charge in [0.05, 0.1) is 25.4 Å². The second-order valence-electron chi connectivity index (χ2n) is 21.4. The second kappa shape index (κ2) is 59.6. The number of nitrogens with one attached hydrogen (secondary N) is 1. The van der Waals surface area contributed by atoms with Gasteiger partial charge in [0, 0.05) is 12.8 Å². The highest BCUT2D eigenvalue weighted by atomic mass is 16.5. The number of hydrogen-bond donors (Lipinski definition) is 3. The maximum absolute atomic E-state index is 12.4. The number of hydrogen-bond acceptors (Lipinski definition) is 5. The molecule has 2 atom stereocenters. The van der Waals surface area contributed by atoms with Gasteiger partial charge in [-0.15, -0.1) is 0 Å². The molecule has 0 spiro atoms. The number of carbonyl (C=O) groups excluding carboxylic acids is 2. The molecule has 0 bridgehead atoms. The van der Waals surface area contributed by atoms with Crippen molar-refractivity contribution in [2.75, 3.05) is 13.2 Å². The zero-order valence-electron chi connectivity index (χ0n) is 47.0. The summed E-state index contributed by atoms with van der Waals surface area (Å²) in [5, 5.41) is 23.0. The second-order valence-corrected chi connectivity index (χ2v) is 21.4. The lowest BCUT2D eigenvalue weighted by atomic mass is 10.0. The summed E-state index contributed by atoms with van der Waals surface area (Å²) in [7, 11) is 0. The van der Waals surface area contributed by atoms with Crippen LogP contribution in [0.25, 0.3) is 0 Å². The van der Waals surface area contributed by atoms with Gasteiger partial charge in [0.15, 0.2) is 0 Å². The van der Waals surface area contributed by atoms with Gasteiger partial charge in [-0.3, -0.25) is 9.59 Å². The van der Waals surface area contributed by atoms with Crippen molar-refractivity contribution in [3.05, 3.63) is 36.5 Å². The van der Waals surface area contributed by atoms with Crippen molar-refractivity contribution in [3.8, 4) is 0 Å². The predicted octanol–water partition coefficient (Wildman–Crippen LogP) is 19.6. The van der Waals surface area contributed by atoms with Gasteiger partial charge in [-0.05, 0) is 64.2 Å². The SMILES string of the molecule is CCCCCCCCCCC/C=C/C(O)C(CO)NC(=O)CCCCCCCCCCCCCCCCC/C=C\C/C=C\CCCCCCCCCCCOC(=O)CCCCCCCCCCCCC. The van der Waals surface area contributed by atoms with E-state index in [9.17, 15) is 19.8 Å². The van der Waals surface area contributed by atoms with Crippen molar-refractivity contribution in [1.82, 2.24) is 5.32 Å². The van der Waals surface area contributed by atoms with Crippen molar-refractivity contribution >= 4 is 11.9 Å². The Morgan fingerprint density at radius 3 is 1.09 bits per heavy atom. The molecule has 412 valence electrons. The monoisotopic (exact) mass is 984 g/mol. The molecule has 0 aromatic heterocycles. The standard InChI is InChI=1S/C64H121NO5/c1-3-5-7-9-11-13-36-40-44-48-52-56-62(67)61(60-66)65-63(68)57-53-49-45-41-38-34-32-30-28-26-24-22-20-18-16-15-17-19-21-23-25-27-29-31-33-35-39-43-47-51-55-59-70-64(69)58-54-50-46-42-37-14-12-10-8-6-4-2/h17,19,23,25,52,56,61-62,66-67H,3-16,18,20-22,24,26-51,53-55,57-60H2,1-2H3,(H,65,68)/b19-17-,25-23-,56-52+. The van der Waals surface area contributed by atoms with E-state index in [1.54, 1.807) is 6.08 Å². The number of rotatable bonds is 58. The fraction of sp³-hybridized carbons (Fsp3) is 0.875. The highest BCUT2D eigenvalue weighted by molar-refractivity contribution is 5.76. The van der Waals surface area contributed by atoms with E-state index in [0.29, 0.717) is 19.4 Å². The van der Waals surface area contributed by atoms with E-state index in [0.717, 1.165) is 44.9 Å². The van der Waals surface area contributed by atoms with E-state index in [-0.39, 0.29) is 18.5 Å². The van der Waals surface area contributed by atoms with Gasteiger partial charge in [0.2, 0.25) is 5.91 Å². The number of esters is 1. The molecule has 0 radical (unpaired) electrons. The first-order chi connectivity index (χ1) is 34.5. The van der Waals surface area contributed by atoms with Crippen molar-refractivity contribution in [1.29, 1.82) is 0 Å². The summed E-state index contributed by atoms with van der Waals surface area (Å²) in [5.74, 6) is -0.0556. The molecule has 0 aliphatic heterocycles. The molecule has 0 saturated heterocycles. The van der Waals surface area contributed by atoms with Gasteiger partial charge < -0.3 is 20.3 Å². The van der Waals surface area contributed by atoms with Crippen LogP contribution in [0.4, 0.5) is 0 Å². The van der Waals surface area contributed by atoms with Crippen LogP contribution in [0.5, 0.6) is 0 Å². The van der Waals surface area contributed by atoms with Crippen LogP contribution >= 0.6 is 0 Å². The van der Waals surface area contributed by atoms with Gasteiger partial charge in [-0.25, -0.2) is 0 Å². The summed E-state index contributed by atoms with van der Waals surface area (Å²) >= 11 is 0. The average Bonchev–Trinajstić information content (AvgIpc) is 3.36. The molecule has 0 aromatic rings. The minimum absolute atomic E-state index is 0.0124. The maximum atomic E-state index is 12.4. The highest BCUT2D eigenvalue weighted by Crippen LogP contribution is 2.17. The number of ether oxygens (including phenoxy) is 1. The lowest BCUT2D eigenvalue weighted by Crippen LogP contribution is -2.45. The van der Waals surface area contributed by atoms with Gasteiger partial charge in [-0.1, -0.05) is 294 Å². The molecule has 0 saturated carbocycles. The summed E-state index contributed by atoms with van der Waals surface area (Å²) in [6.45, 7) is 4.89. The Morgan fingerprint density at radius 2 is 0.714 bits per heavy atom. The summed E-state index contributed by atoms with van der Waals surface area (Å²) in [4.78, 5) is 24.4. The summed E-state index contributed by atoms with van der Waals surface area (Å²) in [5.41, 5.74) is 0. The Morgan fingerprint density at radius 1 is 0.400 bits per heavy atom. The molecular weight excluding hydrogens is 863 g/mol. The molecule has 70 heavy (non-hydrogen) atoms. The molecular formula is C64H121NO5. The highest BCUT2D eigenvalue weighted by Gasteiger charge is 2.18. The van der Waals surface area contributed by atoms with Gasteiger partial charge >= 0.3 is 5.97 Å². The number of aliphatic hydroxyl groups is 2. The third-order valence-corrected chi connectivity index (χ3v) is 14.4. The lowest BCUT2D eigenvalue weighted by Gasteiger charge is -2.20. The molecule has 2 unspecified atom stereocenters. The van der Waals surface area contributed by atoms with Crippen LogP contribution in [-0.4, -0.2) is 47.4 Å². The maximum Gasteiger partial charge on any atom is 0.305 e. The molecule has 6 heteroatoms. The summed E-state index contributed by atoms with van der Waals surface area (Å²) in [6, 6.07) is -0.626. The fourth-order valence-corrected chi connectivity index (χ4v) is 9.61. The number of unbranched alkanes of at least 4 members (excludes halogenated alkanes) is 43. The smallest absolute Gasteiger partial charge is 0.305 e. The minimum Gasteiger partial charge on any atom is -0.466 e. The normalized spacial score (nSPS) is 12.8.